The van der Waals surface area contributed by atoms with E-state index < -0.39 is 12.0 Å². The quantitative estimate of drug-likeness (QED) is 0.794. The fraction of sp³-hybridized carbons (Fsp3) is 0.333. The fourth-order valence-corrected chi connectivity index (χ4v) is 1.95. The van der Waals surface area contributed by atoms with Crippen LogP contribution in [0, 0.1) is 0 Å². The largest absolute Gasteiger partial charge is 0.497 e. The molecule has 1 unspecified atom stereocenters. The number of piperazine rings is 1. The lowest BCUT2D eigenvalue weighted by atomic mass is 10.1. The average molecular weight is 250 g/mol. The van der Waals surface area contributed by atoms with Crippen LogP contribution in [0.2, 0.25) is 0 Å². The molecule has 1 fully saturated rings. The van der Waals surface area contributed by atoms with Gasteiger partial charge in [0.05, 0.1) is 13.7 Å². The molecule has 6 heteroatoms. The van der Waals surface area contributed by atoms with Crippen LogP contribution in [0.25, 0.3) is 0 Å². The summed E-state index contributed by atoms with van der Waals surface area (Å²) in [6.45, 7) is 0.374. The molecule has 0 saturated carbocycles. The van der Waals surface area contributed by atoms with Crippen molar-refractivity contribution in [2.24, 2.45) is 0 Å². The van der Waals surface area contributed by atoms with Crippen LogP contribution in [0.15, 0.2) is 24.3 Å². The number of hydrogen-bond acceptors (Lipinski definition) is 4. The van der Waals surface area contributed by atoms with E-state index in [-0.39, 0.29) is 19.0 Å². The number of carbonyl (C=O) groups is 2. The highest BCUT2D eigenvalue weighted by atomic mass is 16.5. The fourth-order valence-electron chi connectivity index (χ4n) is 1.95. The molecule has 1 aromatic carbocycles. The zero-order valence-electron chi connectivity index (χ0n) is 9.92. The molecule has 18 heavy (non-hydrogen) atoms. The number of carboxylic acid groups (broad SMARTS) is 1. The Hall–Kier alpha value is -2.08. The summed E-state index contributed by atoms with van der Waals surface area (Å²) < 4.78 is 5.08. The lowest BCUT2D eigenvalue weighted by Crippen LogP contribution is -2.58. The maximum absolute atomic E-state index is 11.9. The summed E-state index contributed by atoms with van der Waals surface area (Å²) in [6, 6.07) is 5.92. The van der Waals surface area contributed by atoms with Crippen molar-refractivity contribution in [2.45, 2.75) is 6.04 Å². The molecule has 1 saturated heterocycles. The molecular weight excluding hydrogens is 236 g/mol. The maximum Gasteiger partial charge on any atom is 0.328 e. The Morgan fingerprint density at radius 2 is 2.33 bits per heavy atom. The topological polar surface area (TPSA) is 78.9 Å². The molecule has 1 aliphatic heterocycles. The van der Waals surface area contributed by atoms with Crippen LogP contribution in [-0.2, 0) is 9.59 Å². The van der Waals surface area contributed by atoms with Crippen LogP contribution in [-0.4, -0.2) is 43.2 Å². The number of nitrogens with zero attached hydrogens (tertiary/aromatic N) is 1. The lowest BCUT2D eigenvalue weighted by molar-refractivity contribution is -0.140. The number of carbonyl (C=O) groups excluding carboxylic acids is 1. The minimum atomic E-state index is -1.03. The monoisotopic (exact) mass is 250 g/mol. The van der Waals surface area contributed by atoms with Crippen LogP contribution < -0.4 is 15.0 Å². The third-order valence-electron chi connectivity index (χ3n) is 2.81. The van der Waals surface area contributed by atoms with Gasteiger partial charge in [-0.15, -0.1) is 0 Å². The van der Waals surface area contributed by atoms with Gasteiger partial charge in [-0.1, -0.05) is 6.07 Å². The first-order chi connectivity index (χ1) is 8.63. The number of amides is 1. The van der Waals surface area contributed by atoms with E-state index in [0.29, 0.717) is 11.4 Å². The molecule has 6 nitrogen and oxygen atoms in total. The number of methoxy groups -OCH3 is 1. The molecule has 1 heterocycles. The number of benzene rings is 1. The van der Waals surface area contributed by atoms with Crippen LogP contribution >= 0.6 is 0 Å². The first-order valence-corrected chi connectivity index (χ1v) is 5.53. The highest BCUT2D eigenvalue weighted by Crippen LogP contribution is 2.24. The van der Waals surface area contributed by atoms with Crippen molar-refractivity contribution in [1.29, 1.82) is 0 Å². The molecule has 96 valence electrons. The number of hydrogen-bond donors (Lipinski definition) is 2. The summed E-state index contributed by atoms with van der Waals surface area (Å²) in [4.78, 5) is 24.3. The van der Waals surface area contributed by atoms with Crippen LogP contribution in [0.1, 0.15) is 0 Å². The van der Waals surface area contributed by atoms with Gasteiger partial charge in [0.15, 0.2) is 0 Å². The van der Waals surface area contributed by atoms with E-state index >= 15 is 0 Å². The van der Waals surface area contributed by atoms with E-state index in [1.807, 2.05) is 0 Å². The first-order valence-electron chi connectivity index (χ1n) is 5.53. The average Bonchev–Trinajstić information content (AvgIpc) is 2.38. The highest BCUT2D eigenvalue weighted by molar-refractivity contribution is 6.01. The van der Waals surface area contributed by atoms with Gasteiger partial charge < -0.3 is 15.2 Å². The number of nitrogens with one attached hydrogen (secondary N) is 1. The Morgan fingerprint density at radius 3 is 3.00 bits per heavy atom. The third-order valence-corrected chi connectivity index (χ3v) is 2.81. The van der Waals surface area contributed by atoms with Crippen molar-refractivity contribution < 1.29 is 19.4 Å². The molecule has 0 aliphatic carbocycles. The van der Waals surface area contributed by atoms with E-state index in [2.05, 4.69) is 5.32 Å². The van der Waals surface area contributed by atoms with Gasteiger partial charge in [0.1, 0.15) is 11.8 Å². The van der Waals surface area contributed by atoms with E-state index in [0.717, 1.165) is 0 Å². The summed E-state index contributed by atoms with van der Waals surface area (Å²) >= 11 is 0. The molecular formula is C12H14N2O4. The van der Waals surface area contributed by atoms with Gasteiger partial charge in [0.2, 0.25) is 5.91 Å². The van der Waals surface area contributed by atoms with Gasteiger partial charge in [0, 0.05) is 18.3 Å². The van der Waals surface area contributed by atoms with Crippen molar-refractivity contribution >= 4 is 17.6 Å². The van der Waals surface area contributed by atoms with Crippen LogP contribution in [0.5, 0.6) is 5.75 Å². The first kappa shape index (κ1) is 12.4. The Kier molecular flexibility index (Phi) is 3.47. The number of rotatable bonds is 3. The molecule has 2 N–H and O–H groups in total. The Morgan fingerprint density at radius 1 is 1.56 bits per heavy atom. The van der Waals surface area contributed by atoms with Gasteiger partial charge in [-0.05, 0) is 12.1 Å². The number of aliphatic carboxylic acids is 1. The van der Waals surface area contributed by atoms with E-state index in [1.165, 1.54) is 12.0 Å². The van der Waals surface area contributed by atoms with Gasteiger partial charge >= 0.3 is 5.97 Å². The second kappa shape index (κ2) is 5.05. The Balaban J connectivity index is 2.37. The molecule has 0 spiro atoms. The third kappa shape index (κ3) is 2.28. The van der Waals surface area contributed by atoms with Crippen LogP contribution in [0.3, 0.4) is 0 Å². The molecule has 0 aromatic heterocycles. The van der Waals surface area contributed by atoms with Crippen LogP contribution in [0.4, 0.5) is 5.69 Å². The minimum absolute atomic E-state index is 0.140. The van der Waals surface area contributed by atoms with Gasteiger partial charge in [-0.25, -0.2) is 4.79 Å². The van der Waals surface area contributed by atoms with E-state index in [9.17, 15) is 9.59 Å². The Labute approximate surface area is 104 Å². The minimum Gasteiger partial charge on any atom is -0.497 e. The zero-order chi connectivity index (χ0) is 13.1. The SMILES string of the molecule is COc1cccc(N2C(=O)CNCC2C(=O)O)c1. The standard InChI is InChI=1S/C12H14N2O4/c1-18-9-4-2-3-8(5-9)14-10(12(16)17)6-13-7-11(14)15/h2-5,10,13H,6-7H2,1H3,(H,16,17). The molecule has 1 atom stereocenters. The molecule has 0 radical (unpaired) electrons. The number of carboxylic acids is 1. The normalized spacial score (nSPS) is 19.7. The molecule has 1 amide bonds. The second-order valence-corrected chi connectivity index (χ2v) is 3.95. The van der Waals surface area contributed by atoms with Gasteiger partial charge in [0.25, 0.3) is 0 Å². The lowest BCUT2D eigenvalue weighted by Gasteiger charge is -2.33. The van der Waals surface area contributed by atoms with Crippen molar-refractivity contribution in [3.63, 3.8) is 0 Å². The van der Waals surface area contributed by atoms with Crippen molar-refractivity contribution in [2.75, 3.05) is 25.1 Å². The second-order valence-electron chi connectivity index (χ2n) is 3.95. The number of anilines is 1. The van der Waals surface area contributed by atoms with E-state index in [4.69, 9.17) is 9.84 Å². The summed E-state index contributed by atoms with van der Waals surface area (Å²) in [5.41, 5.74) is 0.535. The summed E-state index contributed by atoms with van der Waals surface area (Å²) in [7, 11) is 1.52. The van der Waals surface area contributed by atoms with E-state index in [1.54, 1.807) is 24.3 Å². The predicted octanol–water partition coefficient (Wildman–Crippen LogP) is 0.0846. The number of ether oxygens (including phenoxy) is 1. The Bertz CT molecular complexity index is 475. The summed E-state index contributed by atoms with van der Waals surface area (Å²) in [5.74, 6) is -0.705. The smallest absolute Gasteiger partial charge is 0.328 e. The van der Waals surface area contributed by atoms with Crippen molar-refractivity contribution in [3.05, 3.63) is 24.3 Å². The van der Waals surface area contributed by atoms with Crippen molar-refractivity contribution in [1.82, 2.24) is 5.32 Å². The predicted molar refractivity (Wildman–Crippen MR) is 64.8 cm³/mol. The summed E-state index contributed by atoms with van der Waals surface area (Å²) in [5, 5.41) is 11.9. The zero-order valence-corrected chi connectivity index (χ0v) is 9.92. The van der Waals surface area contributed by atoms with Gasteiger partial charge in [-0.3, -0.25) is 9.69 Å². The van der Waals surface area contributed by atoms with Crippen molar-refractivity contribution in [3.8, 4) is 5.75 Å². The van der Waals surface area contributed by atoms with Gasteiger partial charge in [-0.2, -0.15) is 0 Å². The molecule has 0 bridgehead atoms. The molecule has 1 aliphatic rings. The molecule has 1 aromatic rings. The highest BCUT2D eigenvalue weighted by Gasteiger charge is 2.34. The summed E-state index contributed by atoms with van der Waals surface area (Å²) in [6.07, 6.45) is 0. The maximum atomic E-state index is 11.9. The molecule has 2 rings (SSSR count).